The minimum atomic E-state index is -0.309. The third-order valence-corrected chi connectivity index (χ3v) is 4.61. The van der Waals surface area contributed by atoms with Crippen LogP contribution in [0, 0.1) is 0 Å². The van der Waals surface area contributed by atoms with Gasteiger partial charge in [0.05, 0.1) is 6.61 Å². The number of likely N-dealkylation sites (N-methyl/N-ethyl adjacent to an activating group) is 1. The highest BCUT2D eigenvalue weighted by atomic mass is 32.2. The third-order valence-electron chi connectivity index (χ3n) is 3.45. The van der Waals surface area contributed by atoms with Crippen molar-refractivity contribution in [2.75, 3.05) is 33.0 Å². The number of aliphatic hydroxyl groups excluding tert-OH is 1. The molecule has 0 radical (unpaired) electrons. The summed E-state index contributed by atoms with van der Waals surface area (Å²) in [5, 5.41) is 11.9. The summed E-state index contributed by atoms with van der Waals surface area (Å²) in [6.45, 7) is 2.22. The predicted molar refractivity (Wildman–Crippen MR) is 81.0 cm³/mol. The lowest BCUT2D eigenvalue weighted by Gasteiger charge is -2.21. The molecule has 0 aromatic rings. The molecular weight excluding hydrogens is 294 g/mol. The van der Waals surface area contributed by atoms with Gasteiger partial charge in [-0.2, -0.15) is 11.8 Å². The van der Waals surface area contributed by atoms with E-state index in [1.54, 1.807) is 7.05 Å². The SMILES string of the molecule is CSC(CO)C(C)NC(=O)CCCN1C(=O)CN(C)C1=O. The van der Waals surface area contributed by atoms with E-state index in [0.717, 1.165) is 0 Å². The first kappa shape index (κ1) is 17.8. The van der Waals surface area contributed by atoms with Crippen molar-refractivity contribution in [3.05, 3.63) is 0 Å². The molecule has 1 rings (SSSR count). The molecule has 1 aliphatic heterocycles. The average molecular weight is 317 g/mol. The maximum atomic E-state index is 11.8. The van der Waals surface area contributed by atoms with Gasteiger partial charge in [-0.05, 0) is 19.6 Å². The van der Waals surface area contributed by atoms with E-state index in [0.29, 0.717) is 6.42 Å². The summed E-state index contributed by atoms with van der Waals surface area (Å²) in [6, 6.07) is -0.435. The fourth-order valence-corrected chi connectivity index (χ4v) is 2.77. The summed E-state index contributed by atoms with van der Waals surface area (Å²) in [4.78, 5) is 37.5. The first-order valence-electron chi connectivity index (χ1n) is 6.89. The van der Waals surface area contributed by atoms with Crippen LogP contribution in [0.4, 0.5) is 4.79 Å². The zero-order valence-electron chi connectivity index (χ0n) is 12.7. The van der Waals surface area contributed by atoms with Gasteiger partial charge in [0.15, 0.2) is 0 Å². The molecule has 0 spiro atoms. The van der Waals surface area contributed by atoms with Gasteiger partial charge < -0.3 is 15.3 Å². The van der Waals surface area contributed by atoms with E-state index in [9.17, 15) is 14.4 Å². The summed E-state index contributed by atoms with van der Waals surface area (Å²) in [6.07, 6.45) is 2.56. The second-order valence-corrected chi connectivity index (χ2v) is 6.18. The lowest BCUT2D eigenvalue weighted by molar-refractivity contribution is -0.126. The van der Waals surface area contributed by atoms with Crippen molar-refractivity contribution in [2.45, 2.75) is 31.1 Å². The van der Waals surface area contributed by atoms with Crippen molar-refractivity contribution in [3.63, 3.8) is 0 Å². The Balaban J connectivity index is 2.31. The summed E-state index contributed by atoms with van der Waals surface area (Å²) in [7, 11) is 1.58. The van der Waals surface area contributed by atoms with Crippen molar-refractivity contribution < 1.29 is 19.5 Å². The van der Waals surface area contributed by atoms with E-state index >= 15 is 0 Å². The summed E-state index contributed by atoms with van der Waals surface area (Å²) >= 11 is 1.50. The van der Waals surface area contributed by atoms with Crippen LogP contribution in [0.3, 0.4) is 0 Å². The van der Waals surface area contributed by atoms with Crippen LogP contribution in [-0.4, -0.2) is 77.0 Å². The Hall–Kier alpha value is -1.28. The number of urea groups is 1. The molecule has 21 heavy (non-hydrogen) atoms. The standard InChI is InChI=1S/C13H23N3O4S/c1-9(10(8-17)21-3)14-11(18)5-4-6-16-12(19)7-15(2)13(16)20/h9-10,17H,4-8H2,1-3H3,(H,14,18). The van der Waals surface area contributed by atoms with Gasteiger partial charge in [-0.3, -0.25) is 14.5 Å². The van der Waals surface area contributed by atoms with Crippen LogP contribution in [0.1, 0.15) is 19.8 Å². The molecule has 1 aliphatic rings. The molecule has 0 aromatic heterocycles. The Morgan fingerprint density at radius 1 is 1.48 bits per heavy atom. The first-order valence-corrected chi connectivity index (χ1v) is 8.18. The van der Waals surface area contributed by atoms with Gasteiger partial charge in [-0.25, -0.2) is 4.79 Å². The number of rotatable bonds is 8. The van der Waals surface area contributed by atoms with Crippen LogP contribution in [0.2, 0.25) is 0 Å². The quantitative estimate of drug-likeness (QED) is 0.610. The number of carbonyl (C=O) groups is 3. The van der Waals surface area contributed by atoms with Gasteiger partial charge in [0.25, 0.3) is 0 Å². The van der Waals surface area contributed by atoms with E-state index in [1.165, 1.54) is 21.6 Å². The normalized spacial score (nSPS) is 18.1. The van der Waals surface area contributed by atoms with Crippen molar-refractivity contribution in [1.29, 1.82) is 0 Å². The molecule has 0 aromatic carbocycles. The molecule has 0 aliphatic carbocycles. The molecule has 0 bridgehead atoms. The van der Waals surface area contributed by atoms with Crippen molar-refractivity contribution >= 4 is 29.6 Å². The molecule has 1 fully saturated rings. The molecule has 8 heteroatoms. The van der Waals surface area contributed by atoms with Gasteiger partial charge >= 0.3 is 6.03 Å². The van der Waals surface area contributed by atoms with Gasteiger partial charge in [-0.1, -0.05) is 0 Å². The molecule has 1 saturated heterocycles. The van der Waals surface area contributed by atoms with Crippen molar-refractivity contribution in [2.24, 2.45) is 0 Å². The Morgan fingerprint density at radius 3 is 2.62 bits per heavy atom. The summed E-state index contributed by atoms with van der Waals surface area (Å²) in [5.41, 5.74) is 0. The van der Waals surface area contributed by atoms with Gasteiger partial charge in [0.1, 0.15) is 6.54 Å². The molecule has 4 amide bonds. The van der Waals surface area contributed by atoms with E-state index in [4.69, 9.17) is 5.11 Å². The van der Waals surface area contributed by atoms with Crippen LogP contribution in [0.25, 0.3) is 0 Å². The Kier molecular flexibility index (Phi) is 6.97. The molecule has 120 valence electrons. The molecule has 2 atom stereocenters. The van der Waals surface area contributed by atoms with Crippen molar-refractivity contribution in [3.8, 4) is 0 Å². The molecule has 7 nitrogen and oxygen atoms in total. The lowest BCUT2D eigenvalue weighted by Crippen LogP contribution is -2.41. The molecule has 0 saturated carbocycles. The van der Waals surface area contributed by atoms with Crippen LogP contribution in [-0.2, 0) is 9.59 Å². The number of nitrogens with zero attached hydrogens (tertiary/aromatic N) is 2. The number of hydrogen-bond donors (Lipinski definition) is 2. The number of nitrogens with one attached hydrogen (secondary N) is 1. The van der Waals surface area contributed by atoms with E-state index in [-0.39, 0.29) is 55.3 Å². The number of aliphatic hydroxyl groups is 1. The van der Waals surface area contributed by atoms with E-state index in [1.807, 2.05) is 13.2 Å². The number of carbonyl (C=O) groups excluding carboxylic acids is 3. The molecule has 2 N–H and O–H groups in total. The van der Waals surface area contributed by atoms with E-state index in [2.05, 4.69) is 5.32 Å². The number of hydrogen-bond acceptors (Lipinski definition) is 5. The smallest absolute Gasteiger partial charge is 0.326 e. The van der Waals surface area contributed by atoms with Crippen LogP contribution < -0.4 is 5.32 Å². The lowest BCUT2D eigenvalue weighted by atomic mass is 10.2. The van der Waals surface area contributed by atoms with Gasteiger partial charge in [0.2, 0.25) is 11.8 Å². The van der Waals surface area contributed by atoms with Gasteiger partial charge in [0, 0.05) is 31.3 Å². The van der Waals surface area contributed by atoms with E-state index < -0.39 is 0 Å². The number of amides is 4. The summed E-state index contributed by atoms with van der Waals surface area (Å²) in [5.74, 6) is -0.360. The fourth-order valence-electron chi connectivity index (χ4n) is 2.14. The third kappa shape index (κ3) is 4.89. The second kappa shape index (κ2) is 8.23. The molecular formula is C13H23N3O4S. The van der Waals surface area contributed by atoms with Crippen LogP contribution in [0.5, 0.6) is 0 Å². The van der Waals surface area contributed by atoms with Crippen molar-refractivity contribution in [1.82, 2.24) is 15.1 Å². The Labute approximate surface area is 129 Å². The average Bonchev–Trinajstić information content (AvgIpc) is 2.66. The predicted octanol–water partition coefficient (Wildman–Crippen LogP) is -0.111. The monoisotopic (exact) mass is 317 g/mol. The molecule has 1 heterocycles. The maximum Gasteiger partial charge on any atom is 0.326 e. The highest BCUT2D eigenvalue weighted by molar-refractivity contribution is 7.99. The van der Waals surface area contributed by atoms with Gasteiger partial charge in [-0.15, -0.1) is 0 Å². The van der Waals surface area contributed by atoms with Crippen LogP contribution in [0.15, 0.2) is 0 Å². The largest absolute Gasteiger partial charge is 0.395 e. The maximum absolute atomic E-state index is 11.8. The zero-order chi connectivity index (χ0) is 16.0. The second-order valence-electron chi connectivity index (χ2n) is 5.10. The highest BCUT2D eigenvalue weighted by Gasteiger charge is 2.32. The highest BCUT2D eigenvalue weighted by Crippen LogP contribution is 2.11. The zero-order valence-corrected chi connectivity index (χ0v) is 13.5. The fraction of sp³-hybridized carbons (Fsp3) is 0.769. The number of thioether (sulfide) groups is 1. The topological polar surface area (TPSA) is 89.9 Å². The Morgan fingerprint density at radius 2 is 2.14 bits per heavy atom. The minimum Gasteiger partial charge on any atom is -0.395 e. The number of imide groups is 1. The minimum absolute atomic E-state index is 0.00568. The Bertz CT molecular complexity index is 401. The first-order chi connectivity index (χ1) is 9.90. The summed E-state index contributed by atoms with van der Waals surface area (Å²) < 4.78 is 0. The molecule has 2 unspecified atom stereocenters. The van der Waals surface area contributed by atoms with Crippen LogP contribution >= 0.6 is 11.8 Å².